The standard InChI is InChI=1S/C24H25ClN6O/c25-21-15-27-24(28-19-12-20(14-26-13-19)31-11-5-9-22(31)32)29-23(21)30-10-4-8-18(16-30)17-6-2-1-3-7-17/h1-3,6-7,12-15,18H,4-5,8-11,16H2,(H,27,28,29). The van der Waals surface area contributed by atoms with E-state index in [1.807, 2.05) is 12.1 Å². The molecule has 2 aromatic heterocycles. The Bertz CT molecular complexity index is 1110. The topological polar surface area (TPSA) is 74.2 Å². The van der Waals surface area contributed by atoms with Gasteiger partial charge in [0, 0.05) is 32.0 Å². The second kappa shape index (κ2) is 9.12. The molecule has 164 valence electrons. The van der Waals surface area contributed by atoms with E-state index >= 15 is 0 Å². The van der Waals surface area contributed by atoms with Gasteiger partial charge in [-0.3, -0.25) is 9.78 Å². The number of benzene rings is 1. The highest BCUT2D eigenvalue weighted by atomic mass is 35.5. The predicted molar refractivity (Wildman–Crippen MR) is 127 cm³/mol. The predicted octanol–water partition coefficient (Wildman–Crippen LogP) is 4.78. The van der Waals surface area contributed by atoms with E-state index in [1.165, 1.54) is 5.56 Å². The first-order valence-electron chi connectivity index (χ1n) is 11.0. The van der Waals surface area contributed by atoms with Gasteiger partial charge in [0.15, 0.2) is 5.82 Å². The molecule has 2 aliphatic rings. The molecule has 32 heavy (non-hydrogen) atoms. The summed E-state index contributed by atoms with van der Waals surface area (Å²) in [5.41, 5.74) is 2.87. The molecule has 1 unspecified atom stereocenters. The number of anilines is 4. The number of hydrogen-bond donors (Lipinski definition) is 1. The minimum atomic E-state index is 0.132. The summed E-state index contributed by atoms with van der Waals surface area (Å²) in [5, 5.41) is 3.76. The van der Waals surface area contributed by atoms with Crippen LogP contribution in [0.3, 0.4) is 0 Å². The van der Waals surface area contributed by atoms with Crippen LogP contribution in [0.4, 0.5) is 23.1 Å². The summed E-state index contributed by atoms with van der Waals surface area (Å²) in [4.78, 5) is 29.4. The highest BCUT2D eigenvalue weighted by Gasteiger charge is 2.25. The first kappa shape index (κ1) is 20.7. The Morgan fingerprint density at radius 1 is 1.06 bits per heavy atom. The molecule has 2 fully saturated rings. The van der Waals surface area contributed by atoms with Crippen molar-refractivity contribution in [3.05, 3.63) is 65.6 Å². The van der Waals surface area contributed by atoms with Crippen LogP contribution in [0.15, 0.2) is 55.0 Å². The maximum Gasteiger partial charge on any atom is 0.229 e. The molecular formula is C24H25ClN6O. The monoisotopic (exact) mass is 448 g/mol. The number of rotatable bonds is 5. The molecule has 0 aliphatic carbocycles. The van der Waals surface area contributed by atoms with Crippen molar-refractivity contribution in [3.63, 3.8) is 0 Å². The van der Waals surface area contributed by atoms with Crippen LogP contribution >= 0.6 is 11.6 Å². The zero-order chi connectivity index (χ0) is 21.9. The summed E-state index contributed by atoms with van der Waals surface area (Å²) < 4.78 is 0. The van der Waals surface area contributed by atoms with Gasteiger partial charge in [-0.05, 0) is 30.9 Å². The number of aromatic nitrogens is 3. The lowest BCUT2D eigenvalue weighted by Gasteiger charge is -2.34. The number of pyridine rings is 1. The van der Waals surface area contributed by atoms with E-state index in [2.05, 4.69) is 44.5 Å². The molecule has 2 aliphatic heterocycles. The number of hydrogen-bond acceptors (Lipinski definition) is 6. The van der Waals surface area contributed by atoms with Gasteiger partial charge in [0.25, 0.3) is 0 Å². The van der Waals surface area contributed by atoms with Crippen molar-refractivity contribution in [2.75, 3.05) is 34.8 Å². The fourth-order valence-electron chi connectivity index (χ4n) is 4.50. The maximum atomic E-state index is 12.1. The number of piperidine rings is 1. The smallest absolute Gasteiger partial charge is 0.229 e. The van der Waals surface area contributed by atoms with Crippen LogP contribution in [0.5, 0.6) is 0 Å². The lowest BCUT2D eigenvalue weighted by molar-refractivity contribution is -0.117. The molecule has 3 aromatic rings. The fraction of sp³-hybridized carbons (Fsp3) is 0.333. The summed E-state index contributed by atoms with van der Waals surface area (Å²) in [6, 6.07) is 12.5. The van der Waals surface area contributed by atoms with Gasteiger partial charge in [-0.2, -0.15) is 4.98 Å². The minimum Gasteiger partial charge on any atom is -0.355 e. The molecule has 0 saturated carbocycles. The summed E-state index contributed by atoms with van der Waals surface area (Å²) in [7, 11) is 0. The number of carbonyl (C=O) groups is 1. The molecule has 8 heteroatoms. The molecule has 1 aromatic carbocycles. The quantitative estimate of drug-likeness (QED) is 0.605. The Morgan fingerprint density at radius 3 is 2.75 bits per heavy atom. The first-order valence-corrected chi connectivity index (χ1v) is 11.4. The van der Waals surface area contributed by atoms with E-state index in [0.717, 1.165) is 56.1 Å². The molecule has 7 nitrogen and oxygen atoms in total. The Balaban J connectivity index is 1.35. The molecule has 1 atom stereocenters. The number of carbonyl (C=O) groups excluding carboxylic acids is 1. The van der Waals surface area contributed by atoms with Gasteiger partial charge in [0.1, 0.15) is 5.02 Å². The summed E-state index contributed by atoms with van der Waals surface area (Å²) in [6.45, 7) is 2.50. The van der Waals surface area contributed by atoms with Crippen LogP contribution < -0.4 is 15.1 Å². The Hall–Kier alpha value is -3.19. The molecule has 0 bridgehead atoms. The van der Waals surface area contributed by atoms with Crippen molar-refractivity contribution in [2.45, 2.75) is 31.6 Å². The lowest BCUT2D eigenvalue weighted by Crippen LogP contribution is -2.35. The first-order chi connectivity index (χ1) is 15.7. The average molecular weight is 449 g/mol. The normalized spacial score (nSPS) is 18.8. The number of amides is 1. The Labute approximate surface area is 192 Å². The van der Waals surface area contributed by atoms with Crippen molar-refractivity contribution in [3.8, 4) is 0 Å². The zero-order valence-corrected chi connectivity index (χ0v) is 18.5. The summed E-state index contributed by atoms with van der Waals surface area (Å²) in [6.07, 6.45) is 8.75. The maximum absolute atomic E-state index is 12.1. The molecule has 1 N–H and O–H groups in total. The third-order valence-electron chi connectivity index (χ3n) is 6.08. The molecular weight excluding hydrogens is 424 g/mol. The Kier molecular flexibility index (Phi) is 5.90. The minimum absolute atomic E-state index is 0.132. The molecule has 2 saturated heterocycles. The number of nitrogens with one attached hydrogen (secondary N) is 1. The van der Waals surface area contributed by atoms with Crippen LogP contribution in [0, 0.1) is 0 Å². The van der Waals surface area contributed by atoms with Crippen LogP contribution in [-0.4, -0.2) is 40.5 Å². The summed E-state index contributed by atoms with van der Waals surface area (Å²) >= 11 is 6.50. The summed E-state index contributed by atoms with van der Waals surface area (Å²) in [5.74, 6) is 1.78. The highest BCUT2D eigenvalue weighted by Crippen LogP contribution is 2.33. The molecule has 1 amide bonds. The van der Waals surface area contributed by atoms with Gasteiger partial charge in [0.2, 0.25) is 11.9 Å². The molecule has 5 rings (SSSR count). The third-order valence-corrected chi connectivity index (χ3v) is 6.35. The number of nitrogens with zero attached hydrogens (tertiary/aromatic N) is 5. The molecule has 0 spiro atoms. The SMILES string of the molecule is O=C1CCCN1c1cncc(Nc2ncc(Cl)c(N3CCCC(c4ccccc4)C3)n2)c1. The van der Waals surface area contributed by atoms with E-state index in [1.54, 1.807) is 23.5 Å². The van der Waals surface area contributed by atoms with E-state index in [9.17, 15) is 4.79 Å². The van der Waals surface area contributed by atoms with Gasteiger partial charge >= 0.3 is 0 Å². The lowest BCUT2D eigenvalue weighted by atomic mass is 9.91. The van der Waals surface area contributed by atoms with E-state index < -0.39 is 0 Å². The van der Waals surface area contributed by atoms with Gasteiger partial charge in [-0.25, -0.2) is 4.98 Å². The van der Waals surface area contributed by atoms with Crippen LogP contribution in [0.2, 0.25) is 5.02 Å². The van der Waals surface area contributed by atoms with Crippen molar-refractivity contribution in [2.24, 2.45) is 0 Å². The fourth-order valence-corrected chi connectivity index (χ4v) is 4.71. The van der Waals surface area contributed by atoms with Crippen molar-refractivity contribution >= 4 is 40.6 Å². The van der Waals surface area contributed by atoms with Crippen molar-refractivity contribution in [1.82, 2.24) is 15.0 Å². The van der Waals surface area contributed by atoms with E-state index in [-0.39, 0.29) is 5.91 Å². The van der Waals surface area contributed by atoms with Gasteiger partial charge in [-0.1, -0.05) is 41.9 Å². The largest absolute Gasteiger partial charge is 0.355 e. The van der Waals surface area contributed by atoms with Crippen LogP contribution in [-0.2, 0) is 4.79 Å². The van der Waals surface area contributed by atoms with Crippen molar-refractivity contribution < 1.29 is 4.79 Å². The second-order valence-corrected chi connectivity index (χ2v) is 8.67. The number of halogens is 1. The molecule has 4 heterocycles. The van der Waals surface area contributed by atoms with Crippen LogP contribution in [0.25, 0.3) is 0 Å². The van der Waals surface area contributed by atoms with E-state index in [4.69, 9.17) is 16.6 Å². The van der Waals surface area contributed by atoms with Gasteiger partial charge in [-0.15, -0.1) is 0 Å². The van der Waals surface area contributed by atoms with Crippen LogP contribution in [0.1, 0.15) is 37.2 Å². The highest BCUT2D eigenvalue weighted by molar-refractivity contribution is 6.32. The van der Waals surface area contributed by atoms with Gasteiger partial charge < -0.3 is 15.1 Å². The second-order valence-electron chi connectivity index (χ2n) is 8.27. The average Bonchev–Trinajstić information content (AvgIpc) is 3.27. The molecule has 0 radical (unpaired) electrons. The third kappa shape index (κ3) is 4.39. The van der Waals surface area contributed by atoms with Gasteiger partial charge in [0.05, 0.1) is 30.0 Å². The van der Waals surface area contributed by atoms with E-state index in [0.29, 0.717) is 23.3 Å². The van der Waals surface area contributed by atoms with Crippen molar-refractivity contribution in [1.29, 1.82) is 0 Å². The zero-order valence-electron chi connectivity index (χ0n) is 17.7. The Morgan fingerprint density at radius 2 is 1.94 bits per heavy atom.